The van der Waals surface area contributed by atoms with Crippen LogP contribution in [0.15, 0.2) is 24.3 Å². The fourth-order valence-corrected chi connectivity index (χ4v) is 4.77. The molecular weight excluding hydrogens is 502 g/mol. The minimum absolute atomic E-state index is 0.0725. The summed E-state index contributed by atoms with van der Waals surface area (Å²) in [6.45, 7) is 1.10. The van der Waals surface area contributed by atoms with E-state index in [1.807, 2.05) is 0 Å². The van der Waals surface area contributed by atoms with Gasteiger partial charge >= 0.3 is 12.4 Å². The molecule has 3 aromatic rings. The van der Waals surface area contributed by atoms with E-state index in [2.05, 4.69) is 15.0 Å². The van der Waals surface area contributed by atoms with Crippen molar-refractivity contribution in [3.05, 3.63) is 51.9 Å². The van der Waals surface area contributed by atoms with Crippen LogP contribution in [0.5, 0.6) is 0 Å². The number of hydrogen-bond acceptors (Lipinski definition) is 5. The Morgan fingerprint density at radius 3 is 2.37 bits per heavy atom. The second kappa shape index (κ2) is 8.82. The van der Waals surface area contributed by atoms with E-state index >= 15 is 0 Å². The number of halogens is 7. The lowest BCUT2D eigenvalue weighted by atomic mass is 9.93. The highest BCUT2D eigenvalue weighted by Crippen LogP contribution is 2.41. The number of alkyl halides is 6. The molecule has 0 radical (unpaired) electrons. The molecule has 35 heavy (non-hydrogen) atoms. The van der Waals surface area contributed by atoms with Gasteiger partial charge in [0, 0.05) is 34.6 Å². The van der Waals surface area contributed by atoms with Gasteiger partial charge in [-0.1, -0.05) is 11.6 Å². The maximum absolute atomic E-state index is 13.5. The minimum Gasteiger partial charge on any atom is -0.376 e. The van der Waals surface area contributed by atoms with Crippen LogP contribution < -0.4 is 4.90 Å². The van der Waals surface area contributed by atoms with Crippen molar-refractivity contribution in [1.29, 1.82) is 0 Å². The molecule has 6 nitrogen and oxygen atoms in total. The van der Waals surface area contributed by atoms with E-state index in [9.17, 15) is 26.3 Å². The molecule has 2 atom stereocenters. The molecular formula is C22H19ClF6N4O2. The van der Waals surface area contributed by atoms with Gasteiger partial charge in [-0.15, -0.1) is 0 Å². The zero-order chi connectivity index (χ0) is 25.0. The summed E-state index contributed by atoms with van der Waals surface area (Å²) < 4.78 is 91.9. The normalized spacial score (nSPS) is 21.4. The van der Waals surface area contributed by atoms with E-state index in [1.165, 1.54) is 4.90 Å². The molecule has 2 aliphatic heterocycles. The summed E-state index contributed by atoms with van der Waals surface area (Å²) in [5.41, 5.74) is -1.01. The molecule has 1 fully saturated rings. The monoisotopic (exact) mass is 520 g/mol. The predicted octanol–water partition coefficient (Wildman–Crippen LogP) is 5.56. The number of anilines is 1. The van der Waals surface area contributed by atoms with Crippen LogP contribution in [0, 0.1) is 0 Å². The third kappa shape index (κ3) is 4.78. The van der Waals surface area contributed by atoms with Crippen LogP contribution in [-0.4, -0.2) is 47.4 Å². The predicted molar refractivity (Wildman–Crippen MR) is 114 cm³/mol. The van der Waals surface area contributed by atoms with E-state index in [4.69, 9.17) is 21.1 Å². The third-order valence-electron chi connectivity index (χ3n) is 6.14. The molecule has 188 valence electrons. The fourth-order valence-electron chi connectivity index (χ4n) is 4.60. The van der Waals surface area contributed by atoms with Crippen molar-refractivity contribution < 1.29 is 35.8 Å². The van der Waals surface area contributed by atoms with Gasteiger partial charge in [0.1, 0.15) is 0 Å². The summed E-state index contributed by atoms with van der Waals surface area (Å²) in [6.07, 6.45) is -9.98. The number of benzene rings is 1. The highest BCUT2D eigenvalue weighted by atomic mass is 35.5. The standard InChI is InChI=1S/C22H19ClF6N4O2/c23-11-1-2-15-14(7-11)13-3-4-33(16(19(13)30-15)8-12-10-34-5-6-35-12)20-31-17(21(24,25)26)9-18(32-20)22(27,28)29/h1-2,7,9,12,16,30H,3-6,8,10H2/t12?,16-/m1/s1. The zero-order valence-corrected chi connectivity index (χ0v) is 18.8. The van der Waals surface area contributed by atoms with E-state index < -0.39 is 41.8 Å². The first-order valence-electron chi connectivity index (χ1n) is 10.8. The molecule has 0 amide bonds. The molecule has 4 heterocycles. The lowest BCUT2D eigenvalue weighted by molar-refractivity contribution is -0.147. The van der Waals surface area contributed by atoms with Crippen LogP contribution in [0.2, 0.25) is 5.02 Å². The number of nitrogens with one attached hydrogen (secondary N) is 1. The summed E-state index contributed by atoms with van der Waals surface area (Å²) >= 11 is 6.16. The lowest BCUT2D eigenvalue weighted by Gasteiger charge is -2.38. The van der Waals surface area contributed by atoms with Crippen molar-refractivity contribution in [2.75, 3.05) is 31.3 Å². The van der Waals surface area contributed by atoms with Gasteiger partial charge in [-0.25, -0.2) is 9.97 Å². The molecule has 1 aromatic carbocycles. The summed E-state index contributed by atoms with van der Waals surface area (Å²) in [6, 6.07) is 4.50. The van der Waals surface area contributed by atoms with Crippen LogP contribution in [0.4, 0.5) is 32.3 Å². The number of aromatic amines is 1. The second-order valence-electron chi connectivity index (χ2n) is 8.40. The molecule has 0 aliphatic carbocycles. The zero-order valence-electron chi connectivity index (χ0n) is 18.0. The van der Waals surface area contributed by atoms with Crippen LogP contribution in [0.3, 0.4) is 0 Å². The van der Waals surface area contributed by atoms with Crippen molar-refractivity contribution in [2.45, 2.75) is 37.3 Å². The first-order chi connectivity index (χ1) is 16.5. The molecule has 1 N–H and O–H groups in total. The number of H-pyrrole nitrogens is 1. The van der Waals surface area contributed by atoms with Gasteiger partial charge < -0.3 is 19.4 Å². The Morgan fingerprint density at radius 2 is 1.74 bits per heavy atom. The van der Waals surface area contributed by atoms with Crippen LogP contribution in [-0.2, 0) is 28.2 Å². The van der Waals surface area contributed by atoms with Gasteiger partial charge in [-0.05, 0) is 36.2 Å². The molecule has 0 saturated carbocycles. The average Bonchev–Trinajstić information content (AvgIpc) is 3.17. The Balaban J connectivity index is 1.63. The van der Waals surface area contributed by atoms with Crippen molar-refractivity contribution >= 4 is 28.5 Å². The third-order valence-corrected chi connectivity index (χ3v) is 6.37. The second-order valence-corrected chi connectivity index (χ2v) is 8.84. The van der Waals surface area contributed by atoms with Crippen molar-refractivity contribution in [3.63, 3.8) is 0 Å². The Morgan fingerprint density at radius 1 is 1.03 bits per heavy atom. The van der Waals surface area contributed by atoms with E-state index in [-0.39, 0.29) is 25.6 Å². The lowest BCUT2D eigenvalue weighted by Crippen LogP contribution is -2.41. The maximum atomic E-state index is 13.5. The van der Waals surface area contributed by atoms with Crippen LogP contribution >= 0.6 is 11.6 Å². The van der Waals surface area contributed by atoms with Crippen LogP contribution in [0.25, 0.3) is 10.9 Å². The quantitative estimate of drug-likeness (QED) is 0.458. The minimum atomic E-state index is -5.08. The number of aromatic nitrogens is 3. The molecule has 1 unspecified atom stereocenters. The Bertz CT molecular complexity index is 1210. The summed E-state index contributed by atoms with van der Waals surface area (Å²) in [4.78, 5) is 11.7. The fraction of sp³-hybridized carbons (Fsp3) is 0.455. The van der Waals surface area contributed by atoms with E-state index in [1.54, 1.807) is 18.2 Å². The maximum Gasteiger partial charge on any atom is 0.433 e. The van der Waals surface area contributed by atoms with Gasteiger partial charge in [0.15, 0.2) is 11.4 Å². The number of ether oxygens (including phenoxy) is 2. The first-order valence-corrected chi connectivity index (χ1v) is 11.2. The molecule has 13 heteroatoms. The summed E-state index contributed by atoms with van der Waals surface area (Å²) in [5.74, 6) is -0.642. The van der Waals surface area contributed by atoms with Gasteiger partial charge in [-0.2, -0.15) is 26.3 Å². The number of nitrogens with zero attached hydrogens (tertiary/aromatic N) is 3. The highest BCUT2D eigenvalue weighted by Gasteiger charge is 2.42. The molecule has 1 saturated heterocycles. The summed E-state index contributed by atoms with van der Waals surface area (Å²) in [7, 11) is 0. The van der Waals surface area contributed by atoms with Gasteiger partial charge in [0.25, 0.3) is 0 Å². The van der Waals surface area contributed by atoms with Crippen molar-refractivity contribution in [1.82, 2.24) is 15.0 Å². The van der Waals surface area contributed by atoms with Gasteiger partial charge in [-0.3, -0.25) is 0 Å². The average molecular weight is 521 g/mol. The smallest absolute Gasteiger partial charge is 0.376 e. The van der Waals surface area contributed by atoms with Crippen LogP contribution in [0.1, 0.15) is 35.1 Å². The Labute approximate surface area is 200 Å². The molecule has 2 aromatic heterocycles. The Kier molecular flexibility index (Phi) is 6.09. The largest absolute Gasteiger partial charge is 0.433 e. The van der Waals surface area contributed by atoms with Crippen molar-refractivity contribution in [3.8, 4) is 0 Å². The number of fused-ring (bicyclic) bond motifs is 3. The summed E-state index contributed by atoms with van der Waals surface area (Å²) in [5, 5.41) is 1.36. The van der Waals surface area contributed by atoms with E-state index in [0.717, 1.165) is 16.5 Å². The highest BCUT2D eigenvalue weighted by molar-refractivity contribution is 6.31. The van der Waals surface area contributed by atoms with Gasteiger partial charge in [0.2, 0.25) is 5.95 Å². The first kappa shape index (κ1) is 24.1. The topological polar surface area (TPSA) is 63.3 Å². The van der Waals surface area contributed by atoms with E-state index in [0.29, 0.717) is 30.4 Å². The molecule has 2 aliphatic rings. The molecule has 0 bridgehead atoms. The molecule has 0 spiro atoms. The number of hydrogen-bond donors (Lipinski definition) is 1. The SMILES string of the molecule is FC(F)(F)c1cc(C(F)(F)F)nc(N2CCc3c([nH]c4ccc(Cl)cc34)[C@H]2CC2COCCO2)n1. The van der Waals surface area contributed by atoms with Crippen molar-refractivity contribution in [2.24, 2.45) is 0 Å². The number of rotatable bonds is 3. The van der Waals surface area contributed by atoms with Gasteiger partial charge in [0.05, 0.1) is 32.0 Å². The Hall–Kier alpha value is -2.57. The molecule has 5 rings (SSSR count).